The highest BCUT2D eigenvalue weighted by molar-refractivity contribution is 6.16. The van der Waals surface area contributed by atoms with Crippen LogP contribution in [0.1, 0.15) is 12.2 Å². The van der Waals surface area contributed by atoms with E-state index in [1.165, 1.54) is 0 Å². The van der Waals surface area contributed by atoms with Crippen molar-refractivity contribution < 1.29 is 4.74 Å². The number of hydrogen-bond acceptors (Lipinski definition) is 3. The lowest BCUT2D eigenvalue weighted by atomic mass is 10.3. The predicted octanol–water partition coefficient (Wildman–Crippen LogP) is 3.07. The molecular weight excluding hydrogens is 288 g/mol. The Morgan fingerprint density at radius 3 is 2.90 bits per heavy atom. The van der Waals surface area contributed by atoms with Crippen LogP contribution in [-0.2, 0) is 19.0 Å². The van der Waals surface area contributed by atoms with Crippen molar-refractivity contribution in [2.45, 2.75) is 25.4 Å². The zero-order valence-corrected chi connectivity index (χ0v) is 12.6. The lowest BCUT2D eigenvalue weighted by Crippen LogP contribution is -2.06. The number of ether oxygens (including phenoxy) is 1. The van der Waals surface area contributed by atoms with E-state index in [9.17, 15) is 0 Å². The Labute approximate surface area is 128 Å². The zero-order chi connectivity index (χ0) is 14.7. The Morgan fingerprint density at radius 1 is 1.29 bits per heavy atom. The third kappa shape index (κ3) is 2.88. The van der Waals surface area contributed by atoms with E-state index >= 15 is 0 Å². The molecule has 0 bridgehead atoms. The van der Waals surface area contributed by atoms with Gasteiger partial charge in [0.2, 0.25) is 0 Å². The minimum absolute atomic E-state index is 0.402. The van der Waals surface area contributed by atoms with Gasteiger partial charge in [0.15, 0.2) is 0 Å². The Balaban J connectivity index is 1.82. The smallest absolute Gasteiger partial charge is 0.124 e. The highest BCUT2D eigenvalue weighted by atomic mass is 35.5. The molecule has 0 spiro atoms. The number of aromatic nitrogens is 4. The van der Waals surface area contributed by atoms with Gasteiger partial charge in [0.1, 0.15) is 11.6 Å². The Morgan fingerprint density at radius 2 is 2.19 bits per heavy atom. The molecule has 3 aromatic rings. The fourth-order valence-electron chi connectivity index (χ4n) is 2.46. The van der Waals surface area contributed by atoms with Gasteiger partial charge in [-0.3, -0.25) is 4.68 Å². The van der Waals surface area contributed by atoms with Crippen molar-refractivity contribution in [2.75, 3.05) is 7.11 Å². The van der Waals surface area contributed by atoms with Gasteiger partial charge in [0.25, 0.3) is 0 Å². The van der Waals surface area contributed by atoms with Crippen molar-refractivity contribution >= 4 is 22.6 Å². The number of hydrogen-bond donors (Lipinski definition) is 0. The zero-order valence-electron chi connectivity index (χ0n) is 11.9. The van der Waals surface area contributed by atoms with Crippen LogP contribution in [0.5, 0.6) is 5.75 Å². The summed E-state index contributed by atoms with van der Waals surface area (Å²) in [4.78, 5) is 4.58. The van der Waals surface area contributed by atoms with Crippen molar-refractivity contribution in [3.63, 3.8) is 0 Å². The molecule has 1 aromatic carbocycles. The van der Waals surface area contributed by atoms with Gasteiger partial charge in [-0.15, -0.1) is 11.6 Å². The second-order valence-electron chi connectivity index (χ2n) is 4.79. The van der Waals surface area contributed by atoms with Crippen LogP contribution in [0.3, 0.4) is 0 Å². The molecule has 0 aliphatic carbocycles. The molecule has 5 nitrogen and oxygen atoms in total. The van der Waals surface area contributed by atoms with E-state index in [1.54, 1.807) is 13.3 Å². The average Bonchev–Trinajstić information content (AvgIpc) is 3.14. The summed E-state index contributed by atoms with van der Waals surface area (Å²) < 4.78 is 9.35. The summed E-state index contributed by atoms with van der Waals surface area (Å²) in [6.07, 6.45) is 4.74. The van der Waals surface area contributed by atoms with Gasteiger partial charge in [-0.25, -0.2) is 4.98 Å². The fourth-order valence-corrected chi connectivity index (χ4v) is 2.67. The molecule has 6 heteroatoms. The molecule has 0 saturated heterocycles. The molecule has 0 radical (unpaired) electrons. The minimum Gasteiger partial charge on any atom is -0.497 e. The van der Waals surface area contributed by atoms with Crippen molar-refractivity contribution in [3.05, 3.63) is 42.5 Å². The number of fused-ring (bicyclic) bond motifs is 1. The second-order valence-corrected chi connectivity index (χ2v) is 5.06. The van der Waals surface area contributed by atoms with E-state index in [2.05, 4.69) is 14.6 Å². The number of nitrogens with zero attached hydrogens (tertiary/aromatic N) is 4. The van der Waals surface area contributed by atoms with Crippen molar-refractivity contribution in [2.24, 2.45) is 0 Å². The van der Waals surface area contributed by atoms with E-state index in [0.29, 0.717) is 5.88 Å². The van der Waals surface area contributed by atoms with Crippen LogP contribution in [-0.4, -0.2) is 26.4 Å². The molecular formula is C15H17ClN4O. The largest absolute Gasteiger partial charge is 0.497 e. The molecule has 0 unspecified atom stereocenters. The first-order chi connectivity index (χ1) is 10.3. The number of benzene rings is 1. The number of aryl methyl sites for hydroxylation is 2. The molecule has 2 aromatic heterocycles. The number of halogens is 1. The molecule has 0 amide bonds. The van der Waals surface area contributed by atoms with Gasteiger partial charge in [0, 0.05) is 31.5 Å². The first-order valence-corrected chi connectivity index (χ1v) is 7.42. The molecule has 21 heavy (non-hydrogen) atoms. The Kier molecular flexibility index (Phi) is 4.10. The number of alkyl halides is 1. The van der Waals surface area contributed by atoms with Gasteiger partial charge < -0.3 is 9.30 Å². The van der Waals surface area contributed by atoms with E-state index in [4.69, 9.17) is 16.3 Å². The molecule has 0 saturated carbocycles. The molecule has 0 aliphatic rings. The average molecular weight is 305 g/mol. The summed E-state index contributed by atoms with van der Waals surface area (Å²) in [6, 6.07) is 7.86. The maximum atomic E-state index is 6.02. The lowest BCUT2D eigenvalue weighted by Gasteiger charge is -2.08. The Hall–Kier alpha value is -2.01. The monoisotopic (exact) mass is 304 g/mol. The first-order valence-electron chi connectivity index (χ1n) is 6.88. The second kappa shape index (κ2) is 6.18. The van der Waals surface area contributed by atoms with Crippen LogP contribution >= 0.6 is 11.6 Å². The fraction of sp³-hybridized carbons (Fsp3) is 0.333. The quantitative estimate of drug-likeness (QED) is 0.657. The van der Waals surface area contributed by atoms with Crippen LogP contribution in [0.25, 0.3) is 11.0 Å². The summed E-state index contributed by atoms with van der Waals surface area (Å²) in [7, 11) is 1.66. The molecule has 0 atom stereocenters. The maximum Gasteiger partial charge on any atom is 0.124 e. The van der Waals surface area contributed by atoms with Crippen LogP contribution in [0.15, 0.2) is 36.7 Å². The van der Waals surface area contributed by atoms with Crippen LogP contribution in [0.4, 0.5) is 0 Å². The van der Waals surface area contributed by atoms with E-state index in [0.717, 1.165) is 42.1 Å². The van der Waals surface area contributed by atoms with Crippen LogP contribution < -0.4 is 4.74 Å². The molecule has 2 heterocycles. The number of methoxy groups -OCH3 is 1. The van der Waals surface area contributed by atoms with Gasteiger partial charge in [-0.2, -0.15) is 5.10 Å². The molecule has 110 valence electrons. The number of imidazole rings is 1. The van der Waals surface area contributed by atoms with E-state index in [1.807, 2.05) is 35.1 Å². The summed E-state index contributed by atoms with van der Waals surface area (Å²) in [6.45, 7) is 1.75. The van der Waals surface area contributed by atoms with E-state index < -0.39 is 0 Å². The van der Waals surface area contributed by atoms with Crippen molar-refractivity contribution in [1.82, 2.24) is 19.3 Å². The summed E-state index contributed by atoms with van der Waals surface area (Å²) >= 11 is 6.02. The molecule has 0 N–H and O–H groups in total. The summed E-state index contributed by atoms with van der Waals surface area (Å²) in [5, 5.41) is 4.21. The standard InChI is InChI=1S/C15H17ClN4O/c1-21-12-4-5-14-13(10-12)18-15(11-16)20(14)9-3-8-19-7-2-6-17-19/h2,4-7,10H,3,8-9,11H2,1H3. The highest BCUT2D eigenvalue weighted by Gasteiger charge is 2.10. The lowest BCUT2D eigenvalue weighted by molar-refractivity contribution is 0.415. The minimum atomic E-state index is 0.402. The van der Waals surface area contributed by atoms with Crippen LogP contribution in [0, 0.1) is 0 Å². The Bertz CT molecular complexity index is 721. The van der Waals surface area contributed by atoms with Gasteiger partial charge >= 0.3 is 0 Å². The molecule has 3 rings (SSSR count). The third-order valence-electron chi connectivity index (χ3n) is 3.48. The van der Waals surface area contributed by atoms with E-state index in [-0.39, 0.29) is 0 Å². The van der Waals surface area contributed by atoms with Gasteiger partial charge in [-0.1, -0.05) is 0 Å². The van der Waals surface area contributed by atoms with Gasteiger partial charge in [-0.05, 0) is 24.6 Å². The SMILES string of the molecule is COc1ccc2c(c1)nc(CCl)n2CCCn1cccn1. The molecule has 0 aliphatic heterocycles. The van der Waals surface area contributed by atoms with Gasteiger partial charge in [0.05, 0.1) is 24.0 Å². The number of rotatable bonds is 6. The van der Waals surface area contributed by atoms with Crippen molar-refractivity contribution in [3.8, 4) is 5.75 Å². The van der Waals surface area contributed by atoms with Crippen molar-refractivity contribution in [1.29, 1.82) is 0 Å². The third-order valence-corrected chi connectivity index (χ3v) is 3.72. The maximum absolute atomic E-state index is 6.02. The summed E-state index contributed by atoms with van der Waals surface area (Å²) in [5.74, 6) is 2.10. The molecule has 0 fully saturated rings. The first kappa shape index (κ1) is 13.9. The predicted molar refractivity (Wildman–Crippen MR) is 82.7 cm³/mol. The topological polar surface area (TPSA) is 44.9 Å². The normalized spacial score (nSPS) is 11.1. The van der Waals surface area contributed by atoms with Crippen LogP contribution in [0.2, 0.25) is 0 Å². The summed E-state index contributed by atoms with van der Waals surface area (Å²) in [5.41, 5.74) is 2.01. The highest BCUT2D eigenvalue weighted by Crippen LogP contribution is 2.23.